The zero-order valence-electron chi connectivity index (χ0n) is 9.68. The van der Waals surface area contributed by atoms with E-state index in [0.717, 1.165) is 12.1 Å². The minimum Gasteiger partial charge on any atom is -0.395 e. The number of benzene rings is 1. The van der Waals surface area contributed by atoms with Gasteiger partial charge in [-0.1, -0.05) is 13.8 Å². The van der Waals surface area contributed by atoms with Crippen molar-refractivity contribution in [3.8, 4) is 0 Å². The summed E-state index contributed by atoms with van der Waals surface area (Å²) < 4.78 is 32.0. The predicted molar refractivity (Wildman–Crippen MR) is 57.2 cm³/mol. The largest absolute Gasteiger partial charge is 0.395 e. The van der Waals surface area contributed by atoms with E-state index in [2.05, 4.69) is 0 Å². The van der Waals surface area contributed by atoms with Crippen molar-refractivity contribution in [2.75, 3.05) is 13.7 Å². The van der Waals surface area contributed by atoms with Gasteiger partial charge in [-0.3, -0.25) is 0 Å². The Labute approximate surface area is 93.9 Å². The summed E-state index contributed by atoms with van der Waals surface area (Å²) in [6.07, 6.45) is 0. The molecule has 1 N–H and O–H groups in total. The molecule has 0 aliphatic carbocycles. The normalized spacial score (nSPS) is 11.9. The van der Waals surface area contributed by atoms with Crippen LogP contribution in [-0.2, 0) is 16.8 Å². The fraction of sp³-hybridized carbons (Fsp3) is 0.500. The van der Waals surface area contributed by atoms with Crippen molar-refractivity contribution in [3.63, 3.8) is 0 Å². The van der Waals surface area contributed by atoms with Crippen LogP contribution in [0.3, 0.4) is 0 Å². The highest BCUT2D eigenvalue weighted by Crippen LogP contribution is 2.27. The molecule has 0 amide bonds. The van der Waals surface area contributed by atoms with Gasteiger partial charge in [0.05, 0.1) is 13.2 Å². The number of methoxy groups -OCH3 is 1. The van der Waals surface area contributed by atoms with E-state index in [1.165, 1.54) is 7.11 Å². The minimum absolute atomic E-state index is 0.0303. The van der Waals surface area contributed by atoms with Crippen molar-refractivity contribution in [3.05, 3.63) is 34.9 Å². The van der Waals surface area contributed by atoms with Gasteiger partial charge in [0.15, 0.2) is 0 Å². The van der Waals surface area contributed by atoms with Crippen molar-refractivity contribution >= 4 is 0 Å². The fourth-order valence-corrected chi connectivity index (χ4v) is 1.46. The SMILES string of the molecule is COCc1cc(F)c(C(C)(C)CO)cc1F. The molecule has 0 unspecified atom stereocenters. The van der Waals surface area contributed by atoms with E-state index in [4.69, 9.17) is 9.84 Å². The van der Waals surface area contributed by atoms with Gasteiger partial charge in [-0.15, -0.1) is 0 Å². The maximum Gasteiger partial charge on any atom is 0.129 e. The summed E-state index contributed by atoms with van der Waals surface area (Å²) in [5, 5.41) is 9.12. The second-order valence-electron chi connectivity index (χ2n) is 4.40. The smallest absolute Gasteiger partial charge is 0.129 e. The lowest BCUT2D eigenvalue weighted by atomic mass is 9.84. The fourth-order valence-electron chi connectivity index (χ4n) is 1.46. The lowest BCUT2D eigenvalue weighted by Gasteiger charge is -2.23. The van der Waals surface area contributed by atoms with Crippen molar-refractivity contribution in [2.45, 2.75) is 25.9 Å². The first-order chi connectivity index (χ1) is 7.42. The molecule has 1 rings (SSSR count). The van der Waals surface area contributed by atoms with Crippen molar-refractivity contribution < 1.29 is 18.6 Å². The molecule has 90 valence electrons. The van der Waals surface area contributed by atoms with Crippen LogP contribution in [0.15, 0.2) is 12.1 Å². The Morgan fingerprint density at radius 2 is 1.88 bits per heavy atom. The average molecular weight is 230 g/mol. The molecule has 0 aromatic heterocycles. The van der Waals surface area contributed by atoms with Gasteiger partial charge in [-0.25, -0.2) is 8.78 Å². The second-order valence-corrected chi connectivity index (χ2v) is 4.40. The van der Waals surface area contributed by atoms with Gasteiger partial charge < -0.3 is 9.84 Å². The summed E-state index contributed by atoms with van der Waals surface area (Å²) in [6.45, 7) is 3.09. The molecule has 0 saturated heterocycles. The zero-order chi connectivity index (χ0) is 12.3. The highest BCUT2D eigenvalue weighted by atomic mass is 19.1. The third kappa shape index (κ3) is 2.57. The molecule has 0 spiro atoms. The number of aliphatic hydroxyl groups is 1. The first-order valence-electron chi connectivity index (χ1n) is 5.00. The number of halogens is 2. The Morgan fingerprint density at radius 1 is 1.25 bits per heavy atom. The van der Waals surface area contributed by atoms with Gasteiger partial charge in [0.25, 0.3) is 0 Å². The Balaban J connectivity index is 3.20. The summed E-state index contributed by atoms with van der Waals surface area (Å²) in [4.78, 5) is 0. The first-order valence-corrected chi connectivity index (χ1v) is 5.00. The first kappa shape index (κ1) is 13.1. The Kier molecular flexibility index (Phi) is 3.99. The molecule has 0 bridgehead atoms. The molecule has 0 atom stereocenters. The molecular weight excluding hydrogens is 214 g/mol. The van der Waals surface area contributed by atoms with Crippen molar-refractivity contribution in [2.24, 2.45) is 0 Å². The second kappa shape index (κ2) is 4.89. The van der Waals surface area contributed by atoms with Gasteiger partial charge in [-0.05, 0) is 17.7 Å². The number of ether oxygens (including phenoxy) is 1. The van der Waals surface area contributed by atoms with E-state index in [-0.39, 0.29) is 24.3 Å². The average Bonchev–Trinajstić information content (AvgIpc) is 2.23. The summed E-state index contributed by atoms with van der Waals surface area (Å²) in [5.74, 6) is -1.03. The van der Waals surface area contributed by atoms with Crippen LogP contribution in [0.1, 0.15) is 25.0 Å². The topological polar surface area (TPSA) is 29.5 Å². The zero-order valence-corrected chi connectivity index (χ0v) is 9.68. The molecule has 0 aliphatic rings. The van der Waals surface area contributed by atoms with Crippen molar-refractivity contribution in [1.82, 2.24) is 0 Å². The van der Waals surface area contributed by atoms with Crippen LogP contribution in [0, 0.1) is 11.6 Å². The number of hydrogen-bond donors (Lipinski definition) is 1. The van der Waals surface area contributed by atoms with Gasteiger partial charge in [0.2, 0.25) is 0 Å². The molecule has 2 nitrogen and oxygen atoms in total. The third-order valence-electron chi connectivity index (χ3n) is 2.56. The molecule has 1 aromatic carbocycles. The third-order valence-corrected chi connectivity index (χ3v) is 2.56. The maximum absolute atomic E-state index is 13.7. The lowest BCUT2D eigenvalue weighted by Crippen LogP contribution is -2.24. The quantitative estimate of drug-likeness (QED) is 0.860. The van der Waals surface area contributed by atoms with Gasteiger partial charge in [0.1, 0.15) is 11.6 Å². The van der Waals surface area contributed by atoms with Crippen LogP contribution in [0.25, 0.3) is 0 Å². The van der Waals surface area contributed by atoms with E-state index >= 15 is 0 Å². The predicted octanol–water partition coefficient (Wildman–Crippen LogP) is 2.38. The molecule has 0 aliphatic heterocycles. The summed E-state index contributed by atoms with van der Waals surface area (Å²) in [7, 11) is 1.42. The van der Waals surface area contributed by atoms with Gasteiger partial charge in [0, 0.05) is 18.1 Å². The van der Waals surface area contributed by atoms with E-state index in [0.29, 0.717) is 0 Å². The molecular formula is C12H16F2O2. The standard InChI is InChI=1S/C12H16F2O2/c1-12(2,7-15)9-5-10(13)8(6-16-3)4-11(9)14/h4-5,15H,6-7H2,1-3H3. The molecule has 0 radical (unpaired) electrons. The van der Waals surface area contributed by atoms with Gasteiger partial charge >= 0.3 is 0 Å². The summed E-state index contributed by atoms with van der Waals surface area (Å²) in [5.41, 5.74) is -0.443. The summed E-state index contributed by atoms with van der Waals surface area (Å²) >= 11 is 0. The van der Waals surface area contributed by atoms with Crippen molar-refractivity contribution in [1.29, 1.82) is 0 Å². The van der Waals surface area contributed by atoms with E-state index in [1.54, 1.807) is 13.8 Å². The van der Waals surface area contributed by atoms with E-state index < -0.39 is 17.0 Å². The minimum atomic E-state index is -0.795. The molecule has 0 fully saturated rings. The Hall–Kier alpha value is -1.00. The van der Waals surface area contributed by atoms with E-state index in [9.17, 15) is 8.78 Å². The molecule has 16 heavy (non-hydrogen) atoms. The Morgan fingerprint density at radius 3 is 2.38 bits per heavy atom. The van der Waals surface area contributed by atoms with Crippen LogP contribution in [0.2, 0.25) is 0 Å². The Bertz CT molecular complexity index is 376. The number of hydrogen-bond acceptors (Lipinski definition) is 2. The van der Waals surface area contributed by atoms with E-state index in [1.807, 2.05) is 0 Å². The highest BCUT2D eigenvalue weighted by Gasteiger charge is 2.25. The molecule has 1 aromatic rings. The van der Waals surface area contributed by atoms with Crippen LogP contribution < -0.4 is 0 Å². The van der Waals surface area contributed by atoms with Crippen LogP contribution >= 0.6 is 0 Å². The van der Waals surface area contributed by atoms with Crippen LogP contribution in [0.5, 0.6) is 0 Å². The monoisotopic (exact) mass is 230 g/mol. The lowest BCUT2D eigenvalue weighted by molar-refractivity contribution is 0.180. The van der Waals surface area contributed by atoms with Gasteiger partial charge in [-0.2, -0.15) is 0 Å². The number of aliphatic hydroxyl groups excluding tert-OH is 1. The molecule has 0 heterocycles. The summed E-state index contributed by atoms with van der Waals surface area (Å²) in [6, 6.07) is 2.24. The highest BCUT2D eigenvalue weighted by molar-refractivity contribution is 5.31. The number of rotatable bonds is 4. The molecule has 4 heteroatoms. The molecule has 0 saturated carbocycles. The van der Waals surface area contributed by atoms with Crippen LogP contribution in [-0.4, -0.2) is 18.8 Å². The maximum atomic E-state index is 13.7. The van der Waals surface area contributed by atoms with Crippen LogP contribution in [0.4, 0.5) is 8.78 Å².